The van der Waals surface area contributed by atoms with E-state index in [2.05, 4.69) is 33.8 Å². The summed E-state index contributed by atoms with van der Waals surface area (Å²) in [4.78, 5) is 12.6. The van der Waals surface area contributed by atoms with Crippen molar-refractivity contribution >= 4 is 5.97 Å². The quantitative estimate of drug-likeness (QED) is 0.479. The molecule has 3 nitrogen and oxygen atoms in total. The highest BCUT2D eigenvalue weighted by molar-refractivity contribution is 5.79. The number of aliphatic hydroxyl groups is 1. The fourth-order valence-corrected chi connectivity index (χ4v) is 8.33. The van der Waals surface area contributed by atoms with Crippen LogP contribution in [0, 0.1) is 34.0 Å². The summed E-state index contributed by atoms with van der Waals surface area (Å²) in [6.07, 6.45) is 12.1. The Balaban J connectivity index is 1.48. The highest BCUT2D eigenvalue weighted by atomic mass is 16.6. The fraction of sp³-hybridized carbons (Fsp3) is 0.875. The topological polar surface area (TPSA) is 46.5 Å². The number of carbonyl (C=O) groups is 1. The summed E-state index contributed by atoms with van der Waals surface area (Å²) >= 11 is 0. The molecule has 0 bridgehead atoms. The molecule has 0 amide bonds. The lowest BCUT2D eigenvalue weighted by Gasteiger charge is -2.59. The summed E-state index contributed by atoms with van der Waals surface area (Å²) in [5.74, 6) is 2.14. The first kappa shape index (κ1) is 18.2. The van der Waals surface area contributed by atoms with Crippen molar-refractivity contribution in [2.45, 2.75) is 97.2 Å². The van der Waals surface area contributed by atoms with Crippen LogP contribution in [0.1, 0.15) is 85.5 Å². The van der Waals surface area contributed by atoms with Crippen molar-refractivity contribution in [1.29, 1.82) is 0 Å². The standard InChI is InChI=1S/C24H36O3/c1-21(2)14-24(27-20(21)26)12-9-19-17-6-5-15-13-16(25)7-10-22(15,3)18(17)8-11-23(19,24)4/h5,16-19,25H,6-14H2,1-4H3/t16?,17-,18+,19+,22+,23+,24+/m1/s1. The molecule has 0 aromatic rings. The molecular weight excluding hydrogens is 336 g/mol. The number of aliphatic hydroxyl groups excluding tert-OH is 1. The van der Waals surface area contributed by atoms with Crippen LogP contribution >= 0.6 is 0 Å². The lowest BCUT2D eigenvalue weighted by molar-refractivity contribution is -0.169. The number of rotatable bonds is 0. The molecule has 0 radical (unpaired) electrons. The van der Waals surface area contributed by atoms with E-state index in [1.54, 1.807) is 0 Å². The van der Waals surface area contributed by atoms with E-state index in [0.29, 0.717) is 5.92 Å². The third kappa shape index (κ3) is 2.21. The molecule has 0 aromatic carbocycles. The normalized spacial score (nSPS) is 53.4. The van der Waals surface area contributed by atoms with E-state index in [1.807, 2.05) is 0 Å². The minimum absolute atomic E-state index is 0.0190. The molecule has 4 fully saturated rings. The van der Waals surface area contributed by atoms with Gasteiger partial charge in [0.15, 0.2) is 0 Å². The van der Waals surface area contributed by atoms with E-state index in [-0.39, 0.29) is 33.9 Å². The van der Waals surface area contributed by atoms with Crippen LogP contribution in [0.15, 0.2) is 11.6 Å². The number of ether oxygens (including phenoxy) is 1. The predicted octanol–water partition coefficient (Wildman–Crippen LogP) is 5.02. The Labute approximate surface area is 163 Å². The van der Waals surface area contributed by atoms with E-state index in [1.165, 1.54) is 24.8 Å². The van der Waals surface area contributed by atoms with Gasteiger partial charge in [0.25, 0.3) is 0 Å². The zero-order valence-electron chi connectivity index (χ0n) is 17.5. The molecule has 3 heteroatoms. The minimum Gasteiger partial charge on any atom is -0.458 e. The molecule has 1 aliphatic heterocycles. The third-order valence-electron chi connectivity index (χ3n) is 9.94. The summed E-state index contributed by atoms with van der Waals surface area (Å²) in [7, 11) is 0. The van der Waals surface area contributed by atoms with Gasteiger partial charge in [0.1, 0.15) is 5.60 Å². The van der Waals surface area contributed by atoms with Crippen molar-refractivity contribution in [3.63, 3.8) is 0 Å². The maximum Gasteiger partial charge on any atom is 0.312 e. The molecule has 3 saturated carbocycles. The van der Waals surface area contributed by atoms with Gasteiger partial charge in [-0.3, -0.25) is 4.79 Å². The van der Waals surface area contributed by atoms with Crippen LogP contribution in [0.25, 0.3) is 0 Å². The van der Waals surface area contributed by atoms with Crippen molar-refractivity contribution in [3.05, 3.63) is 11.6 Å². The van der Waals surface area contributed by atoms with Crippen LogP contribution in [0.3, 0.4) is 0 Å². The van der Waals surface area contributed by atoms with Crippen molar-refractivity contribution in [2.24, 2.45) is 34.0 Å². The second-order valence-corrected chi connectivity index (χ2v) is 11.6. The Kier molecular flexibility index (Phi) is 3.64. The van der Waals surface area contributed by atoms with Gasteiger partial charge in [0.05, 0.1) is 11.5 Å². The van der Waals surface area contributed by atoms with Crippen LogP contribution in [0.5, 0.6) is 0 Å². The third-order valence-corrected chi connectivity index (χ3v) is 9.94. The molecule has 5 aliphatic rings. The van der Waals surface area contributed by atoms with Gasteiger partial charge in [-0.2, -0.15) is 0 Å². The summed E-state index contributed by atoms with van der Waals surface area (Å²) in [6, 6.07) is 0. The summed E-state index contributed by atoms with van der Waals surface area (Å²) < 4.78 is 6.24. The van der Waals surface area contributed by atoms with Crippen LogP contribution in [0.2, 0.25) is 0 Å². The molecule has 1 unspecified atom stereocenters. The SMILES string of the molecule is CC1(C)C[C@]2(CC[C@H]3[C@@H]4CC=C5CC(O)CC[C@]5(C)[C@H]4CC[C@@]32C)OC1=O. The Morgan fingerprint density at radius 2 is 1.78 bits per heavy atom. The van der Waals surface area contributed by atoms with Crippen molar-refractivity contribution in [2.75, 3.05) is 0 Å². The molecule has 1 spiro atoms. The molecule has 1 saturated heterocycles. The monoisotopic (exact) mass is 372 g/mol. The fourth-order valence-electron chi connectivity index (χ4n) is 8.33. The first-order valence-electron chi connectivity index (χ1n) is 11.2. The summed E-state index contributed by atoms with van der Waals surface area (Å²) in [5.41, 5.74) is 1.39. The van der Waals surface area contributed by atoms with Gasteiger partial charge in [-0.25, -0.2) is 0 Å². The minimum atomic E-state index is -0.333. The first-order chi connectivity index (χ1) is 12.6. The highest BCUT2D eigenvalue weighted by Gasteiger charge is 2.69. The number of fused-ring (bicyclic) bond motifs is 6. The number of esters is 1. The van der Waals surface area contributed by atoms with Crippen LogP contribution < -0.4 is 0 Å². The molecular formula is C24H36O3. The van der Waals surface area contributed by atoms with Gasteiger partial charge in [-0.15, -0.1) is 0 Å². The maximum atomic E-state index is 12.6. The number of hydrogen-bond acceptors (Lipinski definition) is 3. The lowest BCUT2D eigenvalue weighted by atomic mass is 9.46. The summed E-state index contributed by atoms with van der Waals surface area (Å²) in [5, 5.41) is 10.2. The van der Waals surface area contributed by atoms with Gasteiger partial charge in [-0.05, 0) is 88.4 Å². The van der Waals surface area contributed by atoms with Crippen molar-refractivity contribution < 1.29 is 14.6 Å². The second kappa shape index (κ2) is 5.40. The molecule has 150 valence electrons. The number of carbonyl (C=O) groups excluding carboxylic acids is 1. The van der Waals surface area contributed by atoms with Crippen molar-refractivity contribution in [3.8, 4) is 0 Å². The van der Waals surface area contributed by atoms with E-state index >= 15 is 0 Å². The van der Waals surface area contributed by atoms with Crippen LogP contribution in [-0.4, -0.2) is 22.8 Å². The predicted molar refractivity (Wildman–Crippen MR) is 105 cm³/mol. The molecule has 7 atom stereocenters. The van der Waals surface area contributed by atoms with E-state index < -0.39 is 0 Å². The molecule has 27 heavy (non-hydrogen) atoms. The van der Waals surface area contributed by atoms with E-state index in [4.69, 9.17) is 4.74 Å². The smallest absolute Gasteiger partial charge is 0.312 e. The molecule has 4 aliphatic carbocycles. The highest BCUT2D eigenvalue weighted by Crippen LogP contribution is 2.70. The van der Waals surface area contributed by atoms with Gasteiger partial charge in [0.2, 0.25) is 0 Å². The Hall–Kier alpha value is -0.830. The Morgan fingerprint density at radius 3 is 2.48 bits per heavy atom. The average molecular weight is 373 g/mol. The number of allylic oxidation sites excluding steroid dienone is 1. The van der Waals surface area contributed by atoms with Gasteiger partial charge < -0.3 is 9.84 Å². The molecule has 1 heterocycles. The second-order valence-electron chi connectivity index (χ2n) is 11.6. The summed E-state index contributed by atoms with van der Waals surface area (Å²) in [6.45, 7) is 9.06. The van der Waals surface area contributed by atoms with Crippen LogP contribution in [-0.2, 0) is 9.53 Å². The molecule has 5 rings (SSSR count). The van der Waals surface area contributed by atoms with Crippen LogP contribution in [0.4, 0.5) is 0 Å². The van der Waals surface area contributed by atoms with Gasteiger partial charge in [0, 0.05) is 11.8 Å². The van der Waals surface area contributed by atoms with E-state index in [0.717, 1.165) is 50.4 Å². The average Bonchev–Trinajstić information content (AvgIpc) is 3.01. The lowest BCUT2D eigenvalue weighted by Crippen LogP contribution is -2.54. The number of hydrogen-bond donors (Lipinski definition) is 1. The maximum absolute atomic E-state index is 12.6. The van der Waals surface area contributed by atoms with Gasteiger partial charge in [-0.1, -0.05) is 25.5 Å². The molecule has 0 aromatic heterocycles. The molecule has 1 N–H and O–H groups in total. The zero-order chi connectivity index (χ0) is 19.2. The zero-order valence-corrected chi connectivity index (χ0v) is 17.5. The Bertz CT molecular complexity index is 708. The van der Waals surface area contributed by atoms with E-state index in [9.17, 15) is 9.90 Å². The van der Waals surface area contributed by atoms with Crippen molar-refractivity contribution in [1.82, 2.24) is 0 Å². The first-order valence-corrected chi connectivity index (χ1v) is 11.2. The van der Waals surface area contributed by atoms with Gasteiger partial charge >= 0.3 is 5.97 Å². The Morgan fingerprint density at radius 1 is 1.04 bits per heavy atom. The largest absolute Gasteiger partial charge is 0.458 e.